The zero-order valence-corrected chi connectivity index (χ0v) is 14.4. The number of benzene rings is 2. The molecule has 0 saturated heterocycles. The molecule has 0 aliphatic carbocycles. The zero-order valence-electron chi connectivity index (χ0n) is 14.4. The van der Waals surface area contributed by atoms with Crippen LogP contribution in [0.25, 0.3) is 0 Å². The Morgan fingerprint density at radius 1 is 0.727 bits per heavy atom. The highest BCUT2D eigenvalue weighted by atomic mass is 16.5. The van der Waals surface area contributed by atoms with Crippen molar-refractivity contribution < 1.29 is 9.84 Å². The summed E-state index contributed by atoms with van der Waals surface area (Å²) in [5.41, 5.74) is 1.64. The number of phenolic OH excluding ortho intramolecular Hbond substituents is 1. The van der Waals surface area contributed by atoms with Gasteiger partial charge in [-0.25, -0.2) is 0 Å². The molecule has 118 valence electrons. The fraction of sp³-hybridized carbons (Fsp3) is 0.400. The summed E-state index contributed by atoms with van der Waals surface area (Å²) in [4.78, 5) is 0. The van der Waals surface area contributed by atoms with Gasteiger partial charge in [-0.05, 0) is 23.0 Å². The van der Waals surface area contributed by atoms with E-state index >= 15 is 0 Å². The highest BCUT2D eigenvalue weighted by Crippen LogP contribution is 2.45. The highest BCUT2D eigenvalue weighted by molar-refractivity contribution is 5.56. The lowest BCUT2D eigenvalue weighted by atomic mass is 9.81. The van der Waals surface area contributed by atoms with E-state index < -0.39 is 0 Å². The van der Waals surface area contributed by atoms with E-state index in [2.05, 4.69) is 47.6 Å². The molecule has 0 heterocycles. The predicted molar refractivity (Wildman–Crippen MR) is 92.0 cm³/mol. The van der Waals surface area contributed by atoms with Crippen molar-refractivity contribution in [2.45, 2.75) is 52.4 Å². The van der Waals surface area contributed by atoms with Gasteiger partial charge in [0.1, 0.15) is 5.75 Å². The molecule has 0 unspecified atom stereocenters. The molecule has 2 nitrogen and oxygen atoms in total. The van der Waals surface area contributed by atoms with Gasteiger partial charge in [-0.15, -0.1) is 0 Å². The van der Waals surface area contributed by atoms with Crippen molar-refractivity contribution in [2.75, 3.05) is 0 Å². The zero-order chi connectivity index (χ0) is 16.5. The molecule has 0 radical (unpaired) electrons. The molecule has 2 rings (SSSR count). The summed E-state index contributed by atoms with van der Waals surface area (Å²) >= 11 is 0. The van der Waals surface area contributed by atoms with Crippen molar-refractivity contribution in [3.8, 4) is 17.2 Å². The van der Waals surface area contributed by atoms with Crippen LogP contribution >= 0.6 is 0 Å². The van der Waals surface area contributed by atoms with Gasteiger partial charge in [0, 0.05) is 11.1 Å². The van der Waals surface area contributed by atoms with Crippen molar-refractivity contribution in [1.29, 1.82) is 0 Å². The van der Waals surface area contributed by atoms with E-state index in [1.807, 2.05) is 36.4 Å². The normalized spacial score (nSPS) is 12.3. The second-order valence-corrected chi connectivity index (χ2v) is 7.75. The highest BCUT2D eigenvalue weighted by Gasteiger charge is 2.27. The Labute approximate surface area is 133 Å². The van der Waals surface area contributed by atoms with Crippen LogP contribution in [0.1, 0.15) is 52.7 Å². The van der Waals surface area contributed by atoms with Gasteiger partial charge in [-0.3, -0.25) is 0 Å². The minimum absolute atomic E-state index is 0.113. The number of rotatable bonds is 2. The second kappa shape index (κ2) is 5.68. The Morgan fingerprint density at radius 3 is 1.73 bits per heavy atom. The summed E-state index contributed by atoms with van der Waals surface area (Å²) in [6.07, 6.45) is 0. The van der Waals surface area contributed by atoms with Crippen molar-refractivity contribution in [3.63, 3.8) is 0 Å². The fourth-order valence-electron chi connectivity index (χ4n) is 2.48. The van der Waals surface area contributed by atoms with Gasteiger partial charge >= 0.3 is 0 Å². The monoisotopic (exact) mass is 298 g/mol. The van der Waals surface area contributed by atoms with Crippen LogP contribution in [0.15, 0.2) is 42.5 Å². The molecular formula is C20H26O2. The Kier molecular flexibility index (Phi) is 4.23. The van der Waals surface area contributed by atoms with E-state index in [4.69, 9.17) is 4.74 Å². The van der Waals surface area contributed by atoms with Gasteiger partial charge in [0.2, 0.25) is 0 Å². The smallest absolute Gasteiger partial charge is 0.173 e. The number of ether oxygens (including phenoxy) is 1. The first-order valence-electron chi connectivity index (χ1n) is 7.70. The predicted octanol–water partition coefficient (Wildman–Crippen LogP) is 5.78. The molecule has 0 aliphatic heterocycles. The van der Waals surface area contributed by atoms with Crippen LogP contribution in [0.2, 0.25) is 0 Å². The van der Waals surface area contributed by atoms with Gasteiger partial charge in [0.05, 0.1) is 0 Å². The van der Waals surface area contributed by atoms with Crippen LogP contribution in [0.4, 0.5) is 0 Å². The summed E-state index contributed by atoms with van der Waals surface area (Å²) in [7, 11) is 0. The van der Waals surface area contributed by atoms with E-state index in [0.29, 0.717) is 5.75 Å². The Morgan fingerprint density at radius 2 is 1.23 bits per heavy atom. The van der Waals surface area contributed by atoms with Gasteiger partial charge in [-0.2, -0.15) is 0 Å². The maximum Gasteiger partial charge on any atom is 0.173 e. The quantitative estimate of drug-likeness (QED) is 0.761. The van der Waals surface area contributed by atoms with Crippen LogP contribution in [0.3, 0.4) is 0 Å². The van der Waals surface area contributed by atoms with E-state index in [0.717, 1.165) is 16.9 Å². The van der Waals surface area contributed by atoms with Crippen LogP contribution in [-0.4, -0.2) is 5.11 Å². The molecule has 0 amide bonds. The minimum Gasteiger partial charge on any atom is -0.504 e. The molecule has 0 aromatic heterocycles. The van der Waals surface area contributed by atoms with Gasteiger partial charge in [0.25, 0.3) is 0 Å². The van der Waals surface area contributed by atoms with Gasteiger partial charge in [-0.1, -0.05) is 71.9 Å². The number of aromatic hydroxyl groups is 1. The first-order valence-corrected chi connectivity index (χ1v) is 7.70. The number of phenols is 1. The molecule has 0 fully saturated rings. The SMILES string of the molecule is CC(C)(C)c1ccc(C(C)(C)C)c(Oc2ccccc2)c1O. The molecule has 0 bridgehead atoms. The van der Waals surface area contributed by atoms with Crippen molar-refractivity contribution in [2.24, 2.45) is 0 Å². The Bertz CT molecular complexity index is 644. The molecule has 1 N–H and O–H groups in total. The molecule has 0 saturated carbocycles. The first-order chi connectivity index (χ1) is 10.1. The number of para-hydroxylation sites is 1. The van der Waals surface area contributed by atoms with Gasteiger partial charge < -0.3 is 9.84 Å². The Balaban J connectivity index is 2.61. The van der Waals surface area contributed by atoms with Gasteiger partial charge in [0.15, 0.2) is 11.5 Å². The maximum atomic E-state index is 10.8. The summed E-state index contributed by atoms with van der Waals surface area (Å²) in [6, 6.07) is 13.7. The molecule has 0 spiro atoms. The van der Waals surface area contributed by atoms with Crippen LogP contribution < -0.4 is 4.74 Å². The molecule has 2 aromatic carbocycles. The van der Waals surface area contributed by atoms with E-state index in [-0.39, 0.29) is 16.6 Å². The standard InChI is InChI=1S/C20H26O2/c1-19(2,3)15-12-13-16(20(4,5)6)18(17(15)21)22-14-10-8-7-9-11-14/h7-13,21H,1-6H3. The van der Waals surface area contributed by atoms with Crippen LogP contribution in [0, 0.1) is 0 Å². The third-order valence-corrected chi connectivity index (χ3v) is 3.71. The lowest BCUT2D eigenvalue weighted by molar-refractivity contribution is 0.384. The topological polar surface area (TPSA) is 29.5 Å². The van der Waals surface area contributed by atoms with Crippen molar-refractivity contribution in [1.82, 2.24) is 0 Å². The lowest BCUT2D eigenvalue weighted by Crippen LogP contribution is -2.16. The molecular weight excluding hydrogens is 272 g/mol. The molecule has 2 aromatic rings. The van der Waals surface area contributed by atoms with Crippen molar-refractivity contribution in [3.05, 3.63) is 53.6 Å². The Hall–Kier alpha value is -1.96. The largest absolute Gasteiger partial charge is 0.504 e. The first kappa shape index (κ1) is 16.4. The third-order valence-electron chi connectivity index (χ3n) is 3.71. The van der Waals surface area contributed by atoms with Crippen LogP contribution in [-0.2, 0) is 10.8 Å². The molecule has 22 heavy (non-hydrogen) atoms. The summed E-state index contributed by atoms with van der Waals surface area (Å²) in [5.74, 6) is 1.53. The number of hydrogen-bond acceptors (Lipinski definition) is 2. The van der Waals surface area contributed by atoms with E-state index in [1.54, 1.807) is 0 Å². The molecule has 0 atom stereocenters. The maximum absolute atomic E-state index is 10.8. The van der Waals surface area contributed by atoms with Crippen LogP contribution in [0.5, 0.6) is 17.2 Å². The molecule has 2 heteroatoms. The third kappa shape index (κ3) is 3.44. The average Bonchev–Trinajstić information content (AvgIpc) is 2.39. The van der Waals surface area contributed by atoms with E-state index in [1.165, 1.54) is 0 Å². The summed E-state index contributed by atoms with van der Waals surface area (Å²) in [6.45, 7) is 12.6. The average molecular weight is 298 g/mol. The lowest BCUT2D eigenvalue weighted by Gasteiger charge is -2.28. The van der Waals surface area contributed by atoms with E-state index in [9.17, 15) is 5.11 Å². The minimum atomic E-state index is -0.144. The fourth-order valence-corrected chi connectivity index (χ4v) is 2.48. The van der Waals surface area contributed by atoms with Crippen molar-refractivity contribution >= 4 is 0 Å². The summed E-state index contributed by atoms with van der Waals surface area (Å²) < 4.78 is 6.05. The summed E-state index contributed by atoms with van der Waals surface area (Å²) in [5, 5.41) is 10.8. The number of hydrogen-bond donors (Lipinski definition) is 1. The molecule has 0 aliphatic rings. The second-order valence-electron chi connectivity index (χ2n) is 7.75.